The quantitative estimate of drug-likeness (QED) is 0.892. The van der Waals surface area contributed by atoms with Gasteiger partial charge in [-0.3, -0.25) is 10.00 Å². The van der Waals surface area contributed by atoms with E-state index in [2.05, 4.69) is 20.4 Å². The first-order chi connectivity index (χ1) is 11.9. The van der Waals surface area contributed by atoms with Gasteiger partial charge in [0.1, 0.15) is 0 Å². The third-order valence-corrected chi connectivity index (χ3v) is 4.10. The Hall–Kier alpha value is -2.55. The number of hydrogen-bond acceptors (Lipinski definition) is 3. The van der Waals surface area contributed by atoms with Gasteiger partial charge in [-0.15, -0.1) is 0 Å². The van der Waals surface area contributed by atoms with Crippen LogP contribution in [0.1, 0.15) is 11.1 Å². The number of hydrogen-bond donors (Lipinski definition) is 2. The molecule has 0 saturated carbocycles. The maximum absolute atomic E-state index is 12.6. The van der Waals surface area contributed by atoms with Crippen molar-refractivity contribution in [1.82, 2.24) is 20.0 Å². The third-order valence-electron chi connectivity index (χ3n) is 4.10. The number of nitrogens with zero attached hydrogens (tertiary/aromatic N) is 3. The number of benzene rings is 1. The predicted octanol–water partition coefficient (Wildman–Crippen LogP) is 2.78. The van der Waals surface area contributed by atoms with Crippen molar-refractivity contribution in [2.45, 2.75) is 12.7 Å². The molecule has 1 saturated heterocycles. The lowest BCUT2D eigenvalue weighted by Crippen LogP contribution is -2.49. The van der Waals surface area contributed by atoms with Gasteiger partial charge in [0.2, 0.25) is 0 Å². The minimum Gasteiger partial charge on any atom is -0.322 e. The highest BCUT2D eigenvalue weighted by Crippen LogP contribution is 2.29. The molecular weight excluding hydrogens is 335 g/mol. The number of alkyl halides is 3. The van der Waals surface area contributed by atoms with Gasteiger partial charge >= 0.3 is 12.2 Å². The summed E-state index contributed by atoms with van der Waals surface area (Å²) in [6.45, 7) is 3.02. The molecule has 2 amide bonds. The highest BCUT2D eigenvalue weighted by atomic mass is 19.4. The van der Waals surface area contributed by atoms with Crippen molar-refractivity contribution < 1.29 is 18.0 Å². The Morgan fingerprint density at radius 1 is 1.16 bits per heavy atom. The maximum atomic E-state index is 12.6. The molecule has 0 radical (unpaired) electrons. The zero-order valence-electron chi connectivity index (χ0n) is 13.4. The van der Waals surface area contributed by atoms with Crippen LogP contribution in [0.2, 0.25) is 0 Å². The Bertz CT molecular complexity index is 692. The van der Waals surface area contributed by atoms with Gasteiger partial charge in [0, 0.05) is 38.9 Å². The molecule has 0 spiro atoms. The summed E-state index contributed by atoms with van der Waals surface area (Å²) in [4.78, 5) is 15.9. The van der Waals surface area contributed by atoms with E-state index in [1.54, 1.807) is 11.1 Å². The number of halogens is 3. The molecule has 1 aliphatic rings. The van der Waals surface area contributed by atoms with Gasteiger partial charge in [-0.25, -0.2) is 4.79 Å². The van der Waals surface area contributed by atoms with Gasteiger partial charge in [-0.1, -0.05) is 12.1 Å². The molecule has 0 aliphatic carbocycles. The predicted molar refractivity (Wildman–Crippen MR) is 85.9 cm³/mol. The molecule has 2 aromatic rings. The Morgan fingerprint density at radius 2 is 1.84 bits per heavy atom. The summed E-state index contributed by atoms with van der Waals surface area (Å²) in [5.74, 6) is 0. The Morgan fingerprint density at radius 3 is 2.40 bits per heavy atom. The number of urea groups is 1. The van der Waals surface area contributed by atoms with E-state index in [1.165, 1.54) is 18.3 Å². The van der Waals surface area contributed by atoms with Crippen LogP contribution in [-0.4, -0.2) is 52.2 Å². The fourth-order valence-corrected chi connectivity index (χ4v) is 2.69. The van der Waals surface area contributed by atoms with Gasteiger partial charge in [-0.05, 0) is 17.7 Å². The van der Waals surface area contributed by atoms with Gasteiger partial charge in [0.05, 0.1) is 17.4 Å². The van der Waals surface area contributed by atoms with E-state index < -0.39 is 11.7 Å². The van der Waals surface area contributed by atoms with Crippen molar-refractivity contribution in [2.75, 3.05) is 31.5 Å². The highest BCUT2D eigenvalue weighted by molar-refractivity contribution is 5.89. The van der Waals surface area contributed by atoms with Crippen molar-refractivity contribution in [1.29, 1.82) is 0 Å². The molecule has 0 unspecified atom stereocenters. The molecule has 0 atom stereocenters. The number of amides is 2. The molecule has 134 valence electrons. The summed E-state index contributed by atoms with van der Waals surface area (Å²) < 4.78 is 37.7. The molecule has 2 N–H and O–H groups in total. The van der Waals surface area contributed by atoms with Gasteiger partial charge in [-0.2, -0.15) is 18.3 Å². The molecule has 3 rings (SSSR count). The minimum atomic E-state index is -4.31. The Balaban J connectivity index is 1.48. The number of carbonyl (C=O) groups excluding carboxylic acids is 1. The van der Waals surface area contributed by atoms with Gasteiger partial charge < -0.3 is 10.2 Å². The zero-order chi connectivity index (χ0) is 17.9. The van der Waals surface area contributed by atoms with Crippen molar-refractivity contribution >= 4 is 11.7 Å². The van der Waals surface area contributed by atoms with Crippen LogP contribution in [0.25, 0.3) is 0 Å². The number of aromatic nitrogens is 2. The van der Waals surface area contributed by atoms with E-state index >= 15 is 0 Å². The van der Waals surface area contributed by atoms with Crippen LogP contribution < -0.4 is 5.32 Å². The summed E-state index contributed by atoms with van der Waals surface area (Å²) in [6.07, 6.45) is -1.19. The topological polar surface area (TPSA) is 64.3 Å². The number of piperazine rings is 1. The van der Waals surface area contributed by atoms with Crippen molar-refractivity contribution in [3.8, 4) is 0 Å². The SMILES string of the molecule is O=C(Nc1cn[nH]c1)N1CCN(Cc2ccc(C(F)(F)F)cc2)CC1. The van der Waals surface area contributed by atoms with Gasteiger partial charge in [0.15, 0.2) is 0 Å². The van der Waals surface area contributed by atoms with E-state index in [-0.39, 0.29) is 6.03 Å². The summed E-state index contributed by atoms with van der Waals surface area (Å²) in [6, 6.07) is 5.02. The molecule has 25 heavy (non-hydrogen) atoms. The molecule has 9 heteroatoms. The fourth-order valence-electron chi connectivity index (χ4n) is 2.69. The lowest BCUT2D eigenvalue weighted by atomic mass is 10.1. The summed E-state index contributed by atoms with van der Waals surface area (Å²) >= 11 is 0. The average molecular weight is 353 g/mol. The molecule has 1 aromatic carbocycles. The smallest absolute Gasteiger partial charge is 0.322 e. The van der Waals surface area contributed by atoms with Crippen molar-refractivity contribution in [2.24, 2.45) is 0 Å². The first-order valence-electron chi connectivity index (χ1n) is 7.85. The van der Waals surface area contributed by atoms with Crippen molar-refractivity contribution in [3.63, 3.8) is 0 Å². The number of H-pyrrole nitrogens is 1. The monoisotopic (exact) mass is 353 g/mol. The second-order valence-electron chi connectivity index (χ2n) is 5.88. The second-order valence-corrected chi connectivity index (χ2v) is 5.88. The number of rotatable bonds is 3. The average Bonchev–Trinajstić information content (AvgIpc) is 3.08. The molecule has 0 bridgehead atoms. The van der Waals surface area contributed by atoms with E-state index in [9.17, 15) is 18.0 Å². The largest absolute Gasteiger partial charge is 0.416 e. The zero-order valence-corrected chi connectivity index (χ0v) is 13.4. The Labute approximate surface area is 142 Å². The summed E-state index contributed by atoms with van der Waals surface area (Å²) in [5.41, 5.74) is 0.790. The van der Waals surface area contributed by atoms with E-state index in [4.69, 9.17) is 0 Å². The lowest BCUT2D eigenvalue weighted by molar-refractivity contribution is -0.137. The standard InChI is InChI=1S/C16H18F3N5O/c17-16(18,19)13-3-1-12(2-4-13)11-23-5-7-24(8-6-23)15(25)22-14-9-20-21-10-14/h1-4,9-10H,5-8,11H2,(H,20,21)(H,22,25). The number of carbonyl (C=O) groups is 1. The summed E-state index contributed by atoms with van der Waals surface area (Å²) in [7, 11) is 0. The number of nitrogens with one attached hydrogen (secondary N) is 2. The van der Waals surface area contributed by atoms with E-state index in [0.29, 0.717) is 38.4 Å². The van der Waals surface area contributed by atoms with Crippen LogP contribution in [0.4, 0.5) is 23.7 Å². The normalized spacial score (nSPS) is 16.0. The molecule has 6 nitrogen and oxygen atoms in total. The van der Waals surface area contributed by atoms with Crippen LogP contribution in [0, 0.1) is 0 Å². The number of anilines is 1. The van der Waals surface area contributed by atoms with Crippen molar-refractivity contribution in [3.05, 3.63) is 47.8 Å². The van der Waals surface area contributed by atoms with Crippen LogP contribution >= 0.6 is 0 Å². The fraction of sp³-hybridized carbons (Fsp3) is 0.375. The molecule has 1 aromatic heterocycles. The first kappa shape index (κ1) is 17.3. The third kappa shape index (κ3) is 4.50. The highest BCUT2D eigenvalue weighted by Gasteiger charge is 2.30. The van der Waals surface area contributed by atoms with E-state index in [0.717, 1.165) is 17.7 Å². The van der Waals surface area contributed by atoms with Crippen LogP contribution in [0.5, 0.6) is 0 Å². The van der Waals surface area contributed by atoms with Crippen LogP contribution in [-0.2, 0) is 12.7 Å². The molecule has 2 heterocycles. The molecular formula is C16H18F3N5O. The lowest BCUT2D eigenvalue weighted by Gasteiger charge is -2.34. The minimum absolute atomic E-state index is 0.185. The second kappa shape index (κ2) is 7.14. The van der Waals surface area contributed by atoms with Crippen LogP contribution in [0.15, 0.2) is 36.7 Å². The van der Waals surface area contributed by atoms with Gasteiger partial charge in [0.25, 0.3) is 0 Å². The maximum Gasteiger partial charge on any atom is 0.416 e. The van der Waals surface area contributed by atoms with E-state index in [1.807, 2.05) is 0 Å². The molecule has 1 fully saturated rings. The summed E-state index contributed by atoms with van der Waals surface area (Å²) in [5, 5.41) is 9.13. The number of aromatic amines is 1. The first-order valence-corrected chi connectivity index (χ1v) is 7.85. The molecule has 1 aliphatic heterocycles. The Kier molecular flexibility index (Phi) is 4.93. The van der Waals surface area contributed by atoms with Crippen LogP contribution in [0.3, 0.4) is 0 Å².